The highest BCUT2D eigenvalue weighted by atomic mass is 35.5. The zero-order chi connectivity index (χ0) is 20.4. The van der Waals surface area contributed by atoms with Crippen LogP contribution < -0.4 is 10.1 Å². The minimum absolute atomic E-state index is 0.136. The van der Waals surface area contributed by atoms with Crippen molar-refractivity contribution in [1.82, 2.24) is 19.6 Å². The van der Waals surface area contributed by atoms with Gasteiger partial charge in [0.1, 0.15) is 18.0 Å². The second kappa shape index (κ2) is 8.20. The van der Waals surface area contributed by atoms with Crippen LogP contribution in [0.2, 0.25) is 5.02 Å². The number of carbonyl (C=O) groups excluding carboxylic acids is 1. The second-order valence-electron chi connectivity index (χ2n) is 6.77. The number of alkyl halides is 2. The number of anilines is 1. The molecule has 2 aromatic heterocycles. The van der Waals surface area contributed by atoms with E-state index in [9.17, 15) is 13.6 Å². The van der Waals surface area contributed by atoms with Crippen LogP contribution >= 0.6 is 11.6 Å². The minimum atomic E-state index is -2.66. The molecule has 3 aromatic rings. The lowest BCUT2D eigenvalue weighted by Crippen LogP contribution is -2.20. The molecule has 0 saturated heterocycles. The van der Waals surface area contributed by atoms with Gasteiger partial charge in [-0.05, 0) is 37.1 Å². The smallest absolute Gasteiger partial charge is 0.282 e. The summed E-state index contributed by atoms with van der Waals surface area (Å²) >= 11 is 5.91. The zero-order valence-electron chi connectivity index (χ0n) is 15.3. The number of nitrogens with zero attached hydrogens (tertiary/aromatic N) is 4. The molecule has 0 atom stereocenters. The van der Waals surface area contributed by atoms with Crippen LogP contribution in [0.3, 0.4) is 0 Å². The molecular weight excluding hydrogens is 404 g/mol. The normalized spacial score (nSPS) is 13.7. The average Bonchev–Trinajstić information content (AvgIpc) is 3.28. The molecule has 0 unspecified atom stereocenters. The average molecular weight is 422 g/mol. The molecule has 152 valence electrons. The third kappa shape index (κ3) is 4.92. The fourth-order valence-corrected chi connectivity index (χ4v) is 3.11. The first-order valence-corrected chi connectivity index (χ1v) is 9.42. The van der Waals surface area contributed by atoms with E-state index in [1.165, 1.54) is 21.6 Å². The van der Waals surface area contributed by atoms with E-state index in [1.54, 1.807) is 30.5 Å². The van der Waals surface area contributed by atoms with Gasteiger partial charge in [0, 0.05) is 16.6 Å². The van der Waals surface area contributed by atoms with Gasteiger partial charge in [0.15, 0.2) is 6.73 Å². The van der Waals surface area contributed by atoms with Gasteiger partial charge in [-0.2, -0.15) is 10.2 Å². The van der Waals surface area contributed by atoms with E-state index in [-0.39, 0.29) is 30.8 Å². The van der Waals surface area contributed by atoms with E-state index in [0.29, 0.717) is 22.2 Å². The fourth-order valence-electron chi connectivity index (χ4n) is 2.93. The number of carbonyl (C=O) groups is 1. The van der Waals surface area contributed by atoms with Crippen LogP contribution in [-0.4, -0.2) is 25.5 Å². The number of rotatable bonds is 8. The van der Waals surface area contributed by atoms with Crippen molar-refractivity contribution in [3.8, 4) is 5.75 Å². The Kier molecular flexibility index (Phi) is 5.48. The Bertz CT molecular complexity index is 1020. The van der Waals surface area contributed by atoms with Crippen LogP contribution in [0.5, 0.6) is 5.75 Å². The standard InChI is InChI=1S/C19H18ClF2N5O2/c20-13-2-1-3-15(6-13)29-11-26-9-14(8-23-26)24-18(28)10-27-17(12-4-5-12)7-16(25-27)19(21)22/h1-3,6-9,12,19H,4-5,10-11H2,(H,24,28). The van der Waals surface area contributed by atoms with Gasteiger partial charge in [-0.1, -0.05) is 17.7 Å². The predicted molar refractivity (Wildman–Crippen MR) is 102 cm³/mol. The molecule has 1 saturated carbocycles. The van der Waals surface area contributed by atoms with E-state index in [0.717, 1.165) is 12.8 Å². The van der Waals surface area contributed by atoms with E-state index >= 15 is 0 Å². The highest BCUT2D eigenvalue weighted by molar-refractivity contribution is 6.30. The maximum absolute atomic E-state index is 12.9. The molecule has 1 aliphatic rings. The summed E-state index contributed by atoms with van der Waals surface area (Å²) in [6, 6.07) is 8.36. The quantitative estimate of drug-likeness (QED) is 0.591. The van der Waals surface area contributed by atoms with Crippen molar-refractivity contribution in [3.05, 3.63) is 59.1 Å². The molecule has 29 heavy (non-hydrogen) atoms. The summed E-state index contributed by atoms with van der Waals surface area (Å²) in [4.78, 5) is 12.3. The largest absolute Gasteiger partial charge is 0.471 e. The van der Waals surface area contributed by atoms with Crippen LogP contribution in [0, 0.1) is 0 Å². The molecule has 4 rings (SSSR count). The molecule has 1 aliphatic carbocycles. The van der Waals surface area contributed by atoms with Crippen molar-refractivity contribution in [2.24, 2.45) is 0 Å². The lowest BCUT2D eigenvalue weighted by molar-refractivity contribution is -0.117. The van der Waals surface area contributed by atoms with Crippen molar-refractivity contribution >= 4 is 23.2 Å². The number of halogens is 3. The summed E-state index contributed by atoms with van der Waals surface area (Å²) in [5, 5.41) is 11.3. The molecule has 0 radical (unpaired) electrons. The van der Waals surface area contributed by atoms with Crippen LogP contribution in [0.15, 0.2) is 42.7 Å². The molecule has 7 nitrogen and oxygen atoms in total. The van der Waals surface area contributed by atoms with Crippen LogP contribution in [0.4, 0.5) is 14.5 Å². The predicted octanol–water partition coefficient (Wildman–Crippen LogP) is 4.22. The Morgan fingerprint density at radius 1 is 1.34 bits per heavy atom. The van der Waals surface area contributed by atoms with E-state index < -0.39 is 6.43 Å². The maximum Gasteiger partial charge on any atom is 0.282 e. The number of amides is 1. The van der Waals surface area contributed by atoms with E-state index in [1.807, 2.05) is 0 Å². The Hall–Kier alpha value is -2.94. The first-order chi connectivity index (χ1) is 14.0. The molecule has 0 spiro atoms. The molecule has 10 heteroatoms. The summed E-state index contributed by atoms with van der Waals surface area (Å²) in [6.07, 6.45) is 2.28. The Morgan fingerprint density at radius 3 is 2.90 bits per heavy atom. The van der Waals surface area contributed by atoms with Crippen molar-refractivity contribution in [2.75, 3.05) is 5.32 Å². The van der Waals surface area contributed by atoms with Gasteiger partial charge in [0.05, 0.1) is 18.1 Å². The molecule has 2 heterocycles. The fraction of sp³-hybridized carbons (Fsp3) is 0.316. The van der Waals surface area contributed by atoms with Crippen molar-refractivity contribution < 1.29 is 18.3 Å². The van der Waals surface area contributed by atoms with E-state index in [2.05, 4.69) is 15.5 Å². The third-order valence-corrected chi connectivity index (χ3v) is 4.65. The first-order valence-electron chi connectivity index (χ1n) is 9.04. The Labute approximate surface area is 170 Å². The topological polar surface area (TPSA) is 74.0 Å². The van der Waals surface area contributed by atoms with Gasteiger partial charge in [-0.3, -0.25) is 9.48 Å². The van der Waals surface area contributed by atoms with Gasteiger partial charge in [0.25, 0.3) is 6.43 Å². The second-order valence-corrected chi connectivity index (χ2v) is 7.21. The van der Waals surface area contributed by atoms with Crippen LogP contribution in [0.1, 0.15) is 36.6 Å². The summed E-state index contributed by atoms with van der Waals surface area (Å²) in [5.41, 5.74) is 0.852. The SMILES string of the molecule is O=C(Cn1nc(C(F)F)cc1C1CC1)Nc1cnn(COc2cccc(Cl)c2)c1. The molecule has 1 N–H and O–H groups in total. The number of aromatic nitrogens is 4. The van der Waals surface area contributed by atoms with Gasteiger partial charge in [-0.15, -0.1) is 0 Å². The lowest BCUT2D eigenvalue weighted by atomic mass is 10.2. The monoisotopic (exact) mass is 421 g/mol. The summed E-state index contributed by atoms with van der Waals surface area (Å²) < 4.78 is 34.3. The van der Waals surface area contributed by atoms with Crippen LogP contribution in [-0.2, 0) is 18.1 Å². The molecule has 1 fully saturated rings. The molecule has 0 aliphatic heterocycles. The number of benzene rings is 1. The van der Waals surface area contributed by atoms with E-state index in [4.69, 9.17) is 16.3 Å². The number of hydrogen-bond donors (Lipinski definition) is 1. The maximum atomic E-state index is 12.9. The Morgan fingerprint density at radius 2 is 2.17 bits per heavy atom. The van der Waals surface area contributed by atoms with Crippen molar-refractivity contribution in [3.63, 3.8) is 0 Å². The number of ether oxygens (including phenoxy) is 1. The van der Waals surface area contributed by atoms with Gasteiger partial charge in [0.2, 0.25) is 5.91 Å². The summed E-state index contributed by atoms with van der Waals surface area (Å²) in [6.45, 7) is 0.00168. The summed E-state index contributed by atoms with van der Waals surface area (Å²) in [7, 11) is 0. The summed E-state index contributed by atoms with van der Waals surface area (Å²) in [5.74, 6) is 0.431. The molecular formula is C19H18ClF2N5O2. The molecule has 1 amide bonds. The number of nitrogens with one attached hydrogen (secondary N) is 1. The highest BCUT2D eigenvalue weighted by Gasteiger charge is 2.30. The highest BCUT2D eigenvalue weighted by Crippen LogP contribution is 2.41. The molecule has 1 aromatic carbocycles. The lowest BCUT2D eigenvalue weighted by Gasteiger charge is -2.07. The van der Waals surface area contributed by atoms with Gasteiger partial charge in [-0.25, -0.2) is 13.5 Å². The van der Waals surface area contributed by atoms with Gasteiger partial charge < -0.3 is 10.1 Å². The van der Waals surface area contributed by atoms with Crippen LogP contribution in [0.25, 0.3) is 0 Å². The minimum Gasteiger partial charge on any atom is -0.471 e. The Balaban J connectivity index is 1.35. The third-order valence-electron chi connectivity index (χ3n) is 4.42. The van der Waals surface area contributed by atoms with Crippen molar-refractivity contribution in [2.45, 2.75) is 38.5 Å². The number of hydrogen-bond acceptors (Lipinski definition) is 4. The van der Waals surface area contributed by atoms with Crippen molar-refractivity contribution in [1.29, 1.82) is 0 Å². The zero-order valence-corrected chi connectivity index (χ0v) is 16.0. The molecule has 0 bridgehead atoms. The first kappa shape index (κ1) is 19.4. The van der Waals surface area contributed by atoms with Gasteiger partial charge >= 0.3 is 0 Å².